The van der Waals surface area contributed by atoms with Gasteiger partial charge in [0.15, 0.2) is 5.16 Å². The Hall–Kier alpha value is -3.00. The summed E-state index contributed by atoms with van der Waals surface area (Å²) in [5.74, 6) is 1.72. The largest absolute Gasteiger partial charge is 0.497 e. The summed E-state index contributed by atoms with van der Waals surface area (Å²) in [5, 5.41) is 7.46. The average Bonchev–Trinajstić information content (AvgIpc) is 3.31. The highest BCUT2D eigenvalue weighted by Gasteiger charge is 2.22. The summed E-state index contributed by atoms with van der Waals surface area (Å²) < 4.78 is 5.31. The number of nitrogens with one attached hydrogen (secondary N) is 1. The van der Waals surface area contributed by atoms with E-state index in [9.17, 15) is 4.79 Å². The van der Waals surface area contributed by atoms with Crippen LogP contribution in [0.3, 0.4) is 0 Å². The van der Waals surface area contributed by atoms with E-state index in [4.69, 9.17) is 4.74 Å². The van der Waals surface area contributed by atoms with Crippen molar-refractivity contribution in [3.8, 4) is 5.75 Å². The number of thioether (sulfide) groups is 1. The molecule has 0 spiro atoms. The van der Waals surface area contributed by atoms with Gasteiger partial charge in [-0.25, -0.2) is 4.98 Å². The Bertz CT molecular complexity index is 938. The number of piperazine rings is 1. The maximum Gasteiger partial charge on any atom is 0.253 e. The predicted molar refractivity (Wildman–Crippen MR) is 113 cm³/mol. The van der Waals surface area contributed by atoms with Gasteiger partial charge in [-0.05, 0) is 29.8 Å². The molecule has 1 amide bonds. The van der Waals surface area contributed by atoms with Gasteiger partial charge in [0.1, 0.15) is 12.1 Å². The van der Waals surface area contributed by atoms with E-state index in [1.807, 2.05) is 47.4 Å². The molecule has 3 aromatic rings. The van der Waals surface area contributed by atoms with Crippen molar-refractivity contribution in [2.24, 2.45) is 0 Å². The number of hydrogen-bond acceptors (Lipinski definition) is 6. The Balaban J connectivity index is 1.32. The number of methoxy groups -OCH3 is 1. The maximum atomic E-state index is 12.9. The lowest BCUT2D eigenvalue weighted by molar-refractivity contribution is 0.0747. The molecule has 29 heavy (non-hydrogen) atoms. The van der Waals surface area contributed by atoms with Gasteiger partial charge in [0.25, 0.3) is 5.91 Å². The Morgan fingerprint density at radius 2 is 1.93 bits per heavy atom. The minimum atomic E-state index is 0.0877. The first kappa shape index (κ1) is 19.3. The molecule has 0 bridgehead atoms. The van der Waals surface area contributed by atoms with E-state index in [1.54, 1.807) is 18.9 Å². The fraction of sp³-hybridized carbons (Fsp3) is 0.286. The van der Waals surface area contributed by atoms with Gasteiger partial charge in [0.2, 0.25) is 0 Å². The Labute approximate surface area is 174 Å². The van der Waals surface area contributed by atoms with Crippen LogP contribution in [0, 0.1) is 0 Å². The normalized spacial score (nSPS) is 14.1. The summed E-state index contributed by atoms with van der Waals surface area (Å²) in [6, 6.07) is 15.9. The second kappa shape index (κ2) is 9.00. The van der Waals surface area contributed by atoms with Crippen molar-refractivity contribution in [3.05, 3.63) is 66.0 Å². The zero-order valence-electron chi connectivity index (χ0n) is 16.2. The fourth-order valence-electron chi connectivity index (χ4n) is 3.32. The summed E-state index contributed by atoms with van der Waals surface area (Å²) >= 11 is 1.58. The van der Waals surface area contributed by atoms with E-state index < -0.39 is 0 Å². The Kier molecular flexibility index (Phi) is 6.00. The predicted octanol–water partition coefficient (Wildman–Crippen LogP) is 3.07. The number of hydrogen-bond donors (Lipinski definition) is 1. The van der Waals surface area contributed by atoms with Crippen LogP contribution in [0.4, 0.5) is 5.69 Å². The molecule has 0 saturated carbocycles. The summed E-state index contributed by atoms with van der Waals surface area (Å²) in [4.78, 5) is 21.2. The molecule has 0 unspecified atom stereocenters. The first-order valence-electron chi connectivity index (χ1n) is 9.48. The molecule has 1 aliphatic rings. The molecule has 150 valence electrons. The van der Waals surface area contributed by atoms with Gasteiger partial charge >= 0.3 is 0 Å². The van der Waals surface area contributed by atoms with E-state index in [-0.39, 0.29) is 5.91 Å². The molecular formula is C21H23N5O2S. The lowest BCUT2D eigenvalue weighted by Crippen LogP contribution is -2.48. The summed E-state index contributed by atoms with van der Waals surface area (Å²) in [6.45, 7) is 3.04. The molecule has 2 aromatic carbocycles. The summed E-state index contributed by atoms with van der Waals surface area (Å²) in [5.41, 5.74) is 3.00. The molecule has 7 nitrogen and oxygen atoms in total. The molecule has 2 heterocycles. The highest BCUT2D eigenvalue weighted by Crippen LogP contribution is 2.23. The monoisotopic (exact) mass is 409 g/mol. The third-order valence-electron chi connectivity index (χ3n) is 4.95. The highest BCUT2D eigenvalue weighted by atomic mass is 32.2. The van der Waals surface area contributed by atoms with Gasteiger partial charge in [-0.1, -0.05) is 30.0 Å². The molecule has 0 atom stereocenters. The van der Waals surface area contributed by atoms with Gasteiger partial charge in [0.05, 0.1) is 7.11 Å². The number of anilines is 1. The zero-order valence-corrected chi connectivity index (χ0v) is 17.1. The van der Waals surface area contributed by atoms with Gasteiger partial charge in [-0.15, -0.1) is 0 Å². The van der Waals surface area contributed by atoms with Crippen LogP contribution in [-0.4, -0.2) is 59.3 Å². The van der Waals surface area contributed by atoms with Crippen molar-refractivity contribution >= 4 is 23.4 Å². The standard InChI is InChI=1S/C21H23N5O2S/c1-28-19-4-2-3-18(13-19)25-9-11-26(12-10-25)20(27)17-7-5-16(6-8-17)14-29-21-22-15-23-24-21/h2-8,13,15H,9-12,14H2,1H3,(H,22,23,24). The lowest BCUT2D eigenvalue weighted by atomic mass is 10.1. The molecule has 1 fully saturated rings. The SMILES string of the molecule is COc1cccc(N2CCN(C(=O)c3ccc(CSc4ncn[nH]4)cc3)CC2)c1. The highest BCUT2D eigenvalue weighted by molar-refractivity contribution is 7.98. The van der Waals surface area contributed by atoms with Crippen LogP contribution in [0.15, 0.2) is 60.0 Å². The third-order valence-corrected chi connectivity index (χ3v) is 5.90. The van der Waals surface area contributed by atoms with Crippen LogP contribution >= 0.6 is 11.8 Å². The quantitative estimate of drug-likeness (QED) is 0.631. The van der Waals surface area contributed by atoms with Crippen LogP contribution in [0.5, 0.6) is 5.75 Å². The fourth-order valence-corrected chi connectivity index (χ4v) is 4.05. The van der Waals surface area contributed by atoms with Crippen molar-refractivity contribution < 1.29 is 9.53 Å². The van der Waals surface area contributed by atoms with Crippen molar-refractivity contribution in [2.45, 2.75) is 10.9 Å². The average molecular weight is 410 g/mol. The lowest BCUT2D eigenvalue weighted by Gasteiger charge is -2.36. The molecule has 8 heteroatoms. The molecular weight excluding hydrogens is 386 g/mol. The van der Waals surface area contributed by atoms with Crippen molar-refractivity contribution in [3.63, 3.8) is 0 Å². The Morgan fingerprint density at radius 1 is 1.14 bits per heavy atom. The number of aromatic amines is 1. The summed E-state index contributed by atoms with van der Waals surface area (Å²) in [7, 11) is 1.67. The number of nitrogens with zero attached hydrogens (tertiary/aromatic N) is 4. The molecule has 1 saturated heterocycles. The van der Waals surface area contributed by atoms with Gasteiger partial charge in [-0.2, -0.15) is 5.10 Å². The number of carbonyl (C=O) groups is 1. The number of benzene rings is 2. The van der Waals surface area contributed by atoms with E-state index in [2.05, 4.69) is 26.1 Å². The maximum absolute atomic E-state index is 12.9. The number of ether oxygens (including phenoxy) is 1. The smallest absolute Gasteiger partial charge is 0.253 e. The van der Waals surface area contributed by atoms with Crippen LogP contribution in [-0.2, 0) is 5.75 Å². The van der Waals surface area contributed by atoms with Gasteiger partial charge in [-0.3, -0.25) is 9.89 Å². The van der Waals surface area contributed by atoms with Crippen molar-refractivity contribution in [1.82, 2.24) is 20.1 Å². The van der Waals surface area contributed by atoms with Crippen molar-refractivity contribution in [2.75, 3.05) is 38.2 Å². The van der Waals surface area contributed by atoms with Crippen LogP contribution in [0.25, 0.3) is 0 Å². The first-order chi connectivity index (χ1) is 14.2. The van der Waals surface area contributed by atoms with Gasteiger partial charge < -0.3 is 14.5 Å². The molecule has 1 aliphatic heterocycles. The van der Waals surface area contributed by atoms with Crippen LogP contribution in [0.2, 0.25) is 0 Å². The van der Waals surface area contributed by atoms with Crippen LogP contribution in [0.1, 0.15) is 15.9 Å². The zero-order chi connectivity index (χ0) is 20.1. The number of aromatic nitrogens is 3. The van der Waals surface area contributed by atoms with E-state index in [0.717, 1.165) is 46.6 Å². The molecule has 4 rings (SSSR count). The molecule has 1 N–H and O–H groups in total. The minimum Gasteiger partial charge on any atom is -0.497 e. The first-order valence-corrected chi connectivity index (χ1v) is 10.5. The minimum absolute atomic E-state index is 0.0877. The van der Waals surface area contributed by atoms with E-state index in [0.29, 0.717) is 13.1 Å². The van der Waals surface area contributed by atoms with Gasteiger partial charge in [0, 0.05) is 49.2 Å². The molecule has 1 aromatic heterocycles. The third kappa shape index (κ3) is 4.71. The Morgan fingerprint density at radius 3 is 2.62 bits per heavy atom. The van der Waals surface area contributed by atoms with E-state index >= 15 is 0 Å². The number of carbonyl (C=O) groups excluding carboxylic acids is 1. The topological polar surface area (TPSA) is 74.3 Å². The van der Waals surface area contributed by atoms with E-state index in [1.165, 1.54) is 6.33 Å². The molecule has 0 aliphatic carbocycles. The molecule has 0 radical (unpaired) electrons. The number of amides is 1. The number of H-pyrrole nitrogens is 1. The number of rotatable bonds is 6. The second-order valence-electron chi connectivity index (χ2n) is 6.76. The van der Waals surface area contributed by atoms with Crippen molar-refractivity contribution in [1.29, 1.82) is 0 Å². The van der Waals surface area contributed by atoms with Crippen LogP contribution < -0.4 is 9.64 Å². The summed E-state index contributed by atoms with van der Waals surface area (Å²) in [6.07, 6.45) is 1.50. The second-order valence-corrected chi connectivity index (χ2v) is 7.72.